The van der Waals surface area contributed by atoms with Crippen molar-refractivity contribution in [1.29, 1.82) is 0 Å². The zero-order chi connectivity index (χ0) is 10.7. The summed E-state index contributed by atoms with van der Waals surface area (Å²) in [5.41, 5.74) is 2.29. The average Bonchev–Trinajstić information content (AvgIpc) is 2.85. The second kappa shape index (κ2) is 4.59. The molecule has 2 aromatic heterocycles. The van der Waals surface area contributed by atoms with Crippen molar-refractivity contribution in [3.63, 3.8) is 0 Å². The quantitative estimate of drug-likeness (QED) is 0.833. The Bertz CT molecular complexity index is 403. The Balaban J connectivity index is 2.04. The summed E-state index contributed by atoms with van der Waals surface area (Å²) in [7, 11) is 0. The summed E-state index contributed by atoms with van der Waals surface area (Å²) < 4.78 is 0. The van der Waals surface area contributed by atoms with Crippen LogP contribution >= 0.6 is 11.3 Å². The van der Waals surface area contributed by atoms with E-state index in [1.165, 1.54) is 0 Å². The van der Waals surface area contributed by atoms with Gasteiger partial charge in [-0.05, 0) is 11.4 Å². The van der Waals surface area contributed by atoms with Crippen LogP contribution in [0.2, 0.25) is 0 Å². The van der Waals surface area contributed by atoms with Crippen molar-refractivity contribution in [2.45, 2.75) is 26.4 Å². The van der Waals surface area contributed by atoms with Crippen molar-refractivity contribution in [2.75, 3.05) is 0 Å². The Labute approximate surface area is 93.6 Å². The van der Waals surface area contributed by atoms with Gasteiger partial charge in [-0.3, -0.25) is 0 Å². The van der Waals surface area contributed by atoms with E-state index < -0.39 is 0 Å². The van der Waals surface area contributed by atoms with E-state index >= 15 is 0 Å². The van der Waals surface area contributed by atoms with E-state index in [9.17, 15) is 0 Å². The largest absolute Gasteiger partial charge is 0.341 e. The minimum Gasteiger partial charge on any atom is -0.341 e. The van der Waals surface area contributed by atoms with Gasteiger partial charge in [0.1, 0.15) is 5.82 Å². The molecule has 4 heteroatoms. The number of aromatic amines is 1. The first-order valence-electron chi connectivity index (χ1n) is 5.05. The number of hydrogen-bond acceptors (Lipinski definition) is 3. The van der Waals surface area contributed by atoms with E-state index in [1.807, 2.05) is 6.20 Å². The molecule has 0 amide bonds. The van der Waals surface area contributed by atoms with Gasteiger partial charge in [0.25, 0.3) is 0 Å². The smallest absolute Gasteiger partial charge is 0.138 e. The van der Waals surface area contributed by atoms with E-state index in [4.69, 9.17) is 0 Å². The van der Waals surface area contributed by atoms with Crippen LogP contribution in [0.25, 0.3) is 11.4 Å². The molecule has 3 nitrogen and oxygen atoms in total. The molecule has 80 valence electrons. The van der Waals surface area contributed by atoms with Gasteiger partial charge >= 0.3 is 0 Å². The molecule has 0 bridgehead atoms. The van der Waals surface area contributed by atoms with Crippen LogP contribution in [0.1, 0.15) is 19.5 Å². The molecule has 0 saturated carbocycles. The Morgan fingerprint density at radius 1 is 1.53 bits per heavy atom. The second-order valence-corrected chi connectivity index (χ2v) is 4.58. The van der Waals surface area contributed by atoms with Gasteiger partial charge in [-0.1, -0.05) is 13.8 Å². The van der Waals surface area contributed by atoms with Crippen LogP contribution < -0.4 is 5.32 Å². The minimum absolute atomic E-state index is 0.498. The third-order valence-corrected chi connectivity index (χ3v) is 2.81. The highest BCUT2D eigenvalue weighted by Gasteiger charge is 2.03. The zero-order valence-corrected chi connectivity index (χ0v) is 9.77. The number of aromatic nitrogens is 2. The minimum atomic E-state index is 0.498. The maximum absolute atomic E-state index is 4.35. The number of imidazole rings is 1. The summed E-state index contributed by atoms with van der Waals surface area (Å²) in [6.07, 6.45) is 1.89. The first-order valence-corrected chi connectivity index (χ1v) is 6.00. The Morgan fingerprint density at radius 2 is 2.40 bits per heavy atom. The first-order chi connectivity index (χ1) is 7.25. The summed E-state index contributed by atoms with van der Waals surface area (Å²) in [6.45, 7) is 5.11. The monoisotopic (exact) mass is 221 g/mol. The molecule has 0 unspecified atom stereocenters. The van der Waals surface area contributed by atoms with Gasteiger partial charge < -0.3 is 10.3 Å². The van der Waals surface area contributed by atoms with E-state index in [0.29, 0.717) is 6.04 Å². The molecule has 0 aliphatic heterocycles. The number of rotatable bonds is 4. The van der Waals surface area contributed by atoms with E-state index in [-0.39, 0.29) is 0 Å². The molecule has 2 aromatic rings. The fraction of sp³-hybridized carbons (Fsp3) is 0.364. The number of H-pyrrole nitrogens is 1. The second-order valence-electron chi connectivity index (χ2n) is 3.80. The summed E-state index contributed by atoms with van der Waals surface area (Å²) in [5, 5.41) is 7.51. The number of nitrogens with zero attached hydrogens (tertiary/aromatic N) is 1. The number of thiophene rings is 1. The van der Waals surface area contributed by atoms with Crippen molar-refractivity contribution in [2.24, 2.45) is 0 Å². The predicted octanol–water partition coefficient (Wildman–Crippen LogP) is 2.64. The lowest BCUT2D eigenvalue weighted by Gasteiger charge is -2.05. The third-order valence-electron chi connectivity index (χ3n) is 2.12. The highest BCUT2D eigenvalue weighted by molar-refractivity contribution is 7.08. The van der Waals surface area contributed by atoms with Gasteiger partial charge in [-0.2, -0.15) is 11.3 Å². The van der Waals surface area contributed by atoms with Crippen LogP contribution in [0.15, 0.2) is 23.0 Å². The van der Waals surface area contributed by atoms with Crippen LogP contribution in [-0.4, -0.2) is 16.0 Å². The maximum Gasteiger partial charge on any atom is 0.138 e. The normalized spacial score (nSPS) is 11.1. The van der Waals surface area contributed by atoms with Crippen molar-refractivity contribution in [3.05, 3.63) is 28.7 Å². The van der Waals surface area contributed by atoms with Crippen molar-refractivity contribution in [1.82, 2.24) is 15.3 Å². The maximum atomic E-state index is 4.35. The SMILES string of the molecule is CC(C)NCc1cnc(-c2ccsc2)[nH]1. The van der Waals surface area contributed by atoms with E-state index in [1.54, 1.807) is 11.3 Å². The molecule has 0 aliphatic carbocycles. The molecule has 0 radical (unpaired) electrons. The molecular weight excluding hydrogens is 206 g/mol. The molecule has 0 atom stereocenters. The molecular formula is C11H15N3S. The summed E-state index contributed by atoms with van der Waals surface area (Å²) in [4.78, 5) is 7.65. The first kappa shape index (κ1) is 10.4. The third kappa shape index (κ3) is 2.67. The topological polar surface area (TPSA) is 40.7 Å². The van der Waals surface area contributed by atoms with Gasteiger partial charge in [0, 0.05) is 35.4 Å². The van der Waals surface area contributed by atoms with Crippen LogP contribution in [-0.2, 0) is 6.54 Å². The predicted molar refractivity (Wildman–Crippen MR) is 63.9 cm³/mol. The van der Waals surface area contributed by atoms with Crippen molar-refractivity contribution >= 4 is 11.3 Å². The number of hydrogen-bond donors (Lipinski definition) is 2. The number of nitrogens with one attached hydrogen (secondary N) is 2. The molecule has 2 rings (SSSR count). The lowest BCUT2D eigenvalue weighted by atomic mass is 10.3. The Morgan fingerprint density at radius 3 is 3.07 bits per heavy atom. The van der Waals surface area contributed by atoms with Gasteiger partial charge in [-0.15, -0.1) is 0 Å². The summed E-state index contributed by atoms with van der Waals surface area (Å²) in [6, 6.07) is 2.57. The molecule has 0 aliphatic rings. The molecule has 15 heavy (non-hydrogen) atoms. The van der Waals surface area contributed by atoms with Crippen LogP contribution in [0.4, 0.5) is 0 Å². The van der Waals surface area contributed by atoms with Gasteiger partial charge in [0.15, 0.2) is 0 Å². The molecule has 2 heterocycles. The van der Waals surface area contributed by atoms with Gasteiger partial charge in [0.05, 0.1) is 0 Å². The highest BCUT2D eigenvalue weighted by Crippen LogP contribution is 2.18. The van der Waals surface area contributed by atoms with Crippen LogP contribution in [0.3, 0.4) is 0 Å². The Kier molecular flexibility index (Phi) is 3.18. The van der Waals surface area contributed by atoms with Gasteiger partial charge in [-0.25, -0.2) is 4.98 Å². The van der Waals surface area contributed by atoms with Crippen LogP contribution in [0, 0.1) is 0 Å². The fourth-order valence-electron chi connectivity index (χ4n) is 1.31. The lowest BCUT2D eigenvalue weighted by molar-refractivity contribution is 0.583. The lowest BCUT2D eigenvalue weighted by Crippen LogP contribution is -2.21. The van der Waals surface area contributed by atoms with E-state index in [2.05, 4.69) is 46.0 Å². The molecule has 0 saturated heterocycles. The van der Waals surface area contributed by atoms with Gasteiger partial charge in [0.2, 0.25) is 0 Å². The fourth-order valence-corrected chi connectivity index (χ4v) is 1.95. The standard InChI is InChI=1S/C11H15N3S/c1-8(2)12-5-10-6-13-11(14-10)9-3-4-15-7-9/h3-4,6-8,12H,5H2,1-2H3,(H,13,14). The molecule has 2 N–H and O–H groups in total. The zero-order valence-electron chi connectivity index (χ0n) is 8.95. The van der Waals surface area contributed by atoms with Crippen molar-refractivity contribution < 1.29 is 0 Å². The highest BCUT2D eigenvalue weighted by atomic mass is 32.1. The Hall–Kier alpha value is -1.13. The molecule has 0 fully saturated rings. The summed E-state index contributed by atoms with van der Waals surface area (Å²) in [5.74, 6) is 0.955. The van der Waals surface area contributed by atoms with E-state index in [0.717, 1.165) is 23.6 Å². The molecule has 0 aromatic carbocycles. The molecule has 0 spiro atoms. The van der Waals surface area contributed by atoms with Crippen molar-refractivity contribution in [3.8, 4) is 11.4 Å². The summed E-state index contributed by atoms with van der Waals surface area (Å²) >= 11 is 1.69. The average molecular weight is 221 g/mol. The van der Waals surface area contributed by atoms with Crippen LogP contribution in [0.5, 0.6) is 0 Å².